The van der Waals surface area contributed by atoms with E-state index in [9.17, 15) is 4.79 Å². The zero-order valence-corrected chi connectivity index (χ0v) is 8.81. The summed E-state index contributed by atoms with van der Waals surface area (Å²) in [6.07, 6.45) is 0.501. The van der Waals surface area contributed by atoms with E-state index in [1.807, 2.05) is 12.3 Å². The van der Waals surface area contributed by atoms with Crippen LogP contribution in [-0.4, -0.2) is 16.1 Å². The third-order valence-corrected chi connectivity index (χ3v) is 2.81. The fraction of sp³-hybridized carbons (Fsp3) is 0.556. The van der Waals surface area contributed by atoms with E-state index in [4.69, 9.17) is 5.11 Å². The highest BCUT2D eigenvalue weighted by Crippen LogP contribution is 2.23. The Hall–Kier alpha value is -0.900. The molecule has 1 N–H and O–H groups in total. The van der Waals surface area contributed by atoms with Gasteiger partial charge in [0.1, 0.15) is 0 Å². The summed E-state index contributed by atoms with van der Waals surface area (Å²) in [5, 5.41) is 11.7. The number of aromatic nitrogens is 1. The van der Waals surface area contributed by atoms with Gasteiger partial charge in [-0.25, -0.2) is 4.98 Å². The van der Waals surface area contributed by atoms with E-state index in [0.29, 0.717) is 6.42 Å². The maximum atomic E-state index is 10.8. The number of aryl methyl sites for hydroxylation is 1. The normalized spacial score (nSPS) is 11.6. The van der Waals surface area contributed by atoms with Gasteiger partial charge in [-0.15, -0.1) is 11.3 Å². The van der Waals surface area contributed by atoms with Crippen molar-refractivity contribution in [3.05, 3.63) is 16.1 Å². The van der Waals surface area contributed by atoms with Gasteiger partial charge < -0.3 is 5.11 Å². The molecule has 1 heterocycles. The van der Waals surface area contributed by atoms with Gasteiger partial charge in [0.05, 0.1) is 10.4 Å². The molecule has 0 bridgehead atoms. The minimum absolute atomic E-state index is 0.501. The SMILES string of the molecule is Cc1csc(CC(C)(C)C(=O)O)n1. The summed E-state index contributed by atoms with van der Waals surface area (Å²) in [6.45, 7) is 5.34. The molecule has 0 saturated carbocycles. The number of carbonyl (C=O) groups is 1. The molecule has 0 aliphatic carbocycles. The molecule has 0 amide bonds. The summed E-state index contributed by atoms with van der Waals surface area (Å²) in [7, 11) is 0. The molecule has 0 fully saturated rings. The molecule has 0 spiro atoms. The number of aliphatic carboxylic acids is 1. The molecule has 1 rings (SSSR count). The van der Waals surface area contributed by atoms with Crippen molar-refractivity contribution < 1.29 is 9.90 Å². The standard InChI is InChI=1S/C9H13NO2S/c1-6-5-13-7(10-6)4-9(2,3)8(11)12/h5H,4H2,1-3H3,(H,11,12). The van der Waals surface area contributed by atoms with Crippen molar-refractivity contribution in [2.45, 2.75) is 27.2 Å². The molecule has 0 radical (unpaired) electrons. The zero-order chi connectivity index (χ0) is 10.1. The molecular formula is C9H13NO2S. The van der Waals surface area contributed by atoms with E-state index >= 15 is 0 Å². The van der Waals surface area contributed by atoms with Crippen molar-refractivity contribution in [2.24, 2.45) is 5.41 Å². The van der Waals surface area contributed by atoms with Crippen LogP contribution in [0.1, 0.15) is 24.5 Å². The topological polar surface area (TPSA) is 50.2 Å². The average molecular weight is 199 g/mol. The molecule has 1 aromatic rings. The summed E-state index contributed by atoms with van der Waals surface area (Å²) >= 11 is 1.52. The van der Waals surface area contributed by atoms with Crippen molar-refractivity contribution in [1.82, 2.24) is 4.98 Å². The lowest BCUT2D eigenvalue weighted by molar-refractivity contribution is -0.146. The van der Waals surface area contributed by atoms with Gasteiger partial charge in [0, 0.05) is 17.5 Å². The number of carboxylic acid groups (broad SMARTS) is 1. The molecule has 0 aromatic carbocycles. The van der Waals surface area contributed by atoms with Crippen LogP contribution >= 0.6 is 11.3 Å². The van der Waals surface area contributed by atoms with Crippen LogP contribution in [0.5, 0.6) is 0 Å². The predicted octanol–water partition coefficient (Wildman–Crippen LogP) is 2.10. The fourth-order valence-corrected chi connectivity index (χ4v) is 1.94. The van der Waals surface area contributed by atoms with Gasteiger partial charge in [0.25, 0.3) is 0 Å². The molecule has 0 unspecified atom stereocenters. The van der Waals surface area contributed by atoms with Crippen molar-refractivity contribution in [2.75, 3.05) is 0 Å². The van der Waals surface area contributed by atoms with Gasteiger partial charge in [0.15, 0.2) is 0 Å². The van der Waals surface area contributed by atoms with Crippen LogP contribution in [0.2, 0.25) is 0 Å². The molecule has 13 heavy (non-hydrogen) atoms. The Balaban J connectivity index is 2.74. The second-order valence-corrected chi connectivity index (χ2v) is 4.69. The van der Waals surface area contributed by atoms with Crippen LogP contribution < -0.4 is 0 Å². The largest absolute Gasteiger partial charge is 0.481 e. The van der Waals surface area contributed by atoms with Crippen LogP contribution in [0, 0.1) is 12.3 Å². The van der Waals surface area contributed by atoms with Gasteiger partial charge in [-0.2, -0.15) is 0 Å². The van der Waals surface area contributed by atoms with Gasteiger partial charge in [0.2, 0.25) is 0 Å². The predicted molar refractivity (Wildman–Crippen MR) is 52.0 cm³/mol. The van der Waals surface area contributed by atoms with Gasteiger partial charge >= 0.3 is 5.97 Å². The molecule has 0 aliphatic heterocycles. The monoisotopic (exact) mass is 199 g/mol. The van der Waals surface area contributed by atoms with Gasteiger partial charge in [-0.05, 0) is 20.8 Å². The highest BCUT2D eigenvalue weighted by Gasteiger charge is 2.28. The van der Waals surface area contributed by atoms with E-state index in [2.05, 4.69) is 4.98 Å². The van der Waals surface area contributed by atoms with E-state index in [-0.39, 0.29) is 0 Å². The second-order valence-electron chi connectivity index (χ2n) is 3.75. The number of hydrogen-bond acceptors (Lipinski definition) is 3. The molecule has 1 aromatic heterocycles. The summed E-state index contributed by atoms with van der Waals surface area (Å²) in [5.41, 5.74) is 0.241. The Labute approximate surface area is 81.4 Å². The Bertz CT molecular complexity index is 317. The average Bonchev–Trinajstić information content (AvgIpc) is 2.34. The quantitative estimate of drug-likeness (QED) is 0.811. The molecule has 0 saturated heterocycles. The van der Waals surface area contributed by atoms with E-state index in [1.165, 1.54) is 11.3 Å². The lowest BCUT2D eigenvalue weighted by Gasteiger charge is -2.16. The van der Waals surface area contributed by atoms with E-state index in [0.717, 1.165) is 10.7 Å². The first kappa shape index (κ1) is 10.2. The number of nitrogens with zero attached hydrogens (tertiary/aromatic N) is 1. The van der Waals surface area contributed by atoms with Crippen LogP contribution in [0.4, 0.5) is 0 Å². The smallest absolute Gasteiger partial charge is 0.309 e. The Morgan fingerprint density at radius 2 is 2.31 bits per heavy atom. The Kier molecular flexibility index (Phi) is 2.71. The molecule has 72 valence electrons. The lowest BCUT2D eigenvalue weighted by Crippen LogP contribution is -2.26. The highest BCUT2D eigenvalue weighted by molar-refractivity contribution is 7.09. The maximum Gasteiger partial charge on any atom is 0.309 e. The van der Waals surface area contributed by atoms with Crippen LogP contribution in [-0.2, 0) is 11.2 Å². The first-order valence-corrected chi connectivity index (χ1v) is 4.94. The van der Waals surface area contributed by atoms with Crippen LogP contribution in [0.3, 0.4) is 0 Å². The first-order valence-electron chi connectivity index (χ1n) is 4.06. The van der Waals surface area contributed by atoms with E-state index in [1.54, 1.807) is 13.8 Å². The van der Waals surface area contributed by atoms with Crippen LogP contribution in [0.15, 0.2) is 5.38 Å². The van der Waals surface area contributed by atoms with Crippen molar-refractivity contribution in [3.8, 4) is 0 Å². The van der Waals surface area contributed by atoms with Crippen LogP contribution in [0.25, 0.3) is 0 Å². The third kappa shape index (κ3) is 2.52. The molecule has 3 nitrogen and oxygen atoms in total. The minimum Gasteiger partial charge on any atom is -0.481 e. The molecular weight excluding hydrogens is 186 g/mol. The lowest BCUT2D eigenvalue weighted by atomic mass is 9.90. The molecule has 0 atom stereocenters. The number of carboxylic acids is 1. The van der Waals surface area contributed by atoms with Crippen molar-refractivity contribution in [3.63, 3.8) is 0 Å². The fourth-order valence-electron chi connectivity index (χ4n) is 0.938. The van der Waals surface area contributed by atoms with Gasteiger partial charge in [-0.3, -0.25) is 4.79 Å². The summed E-state index contributed by atoms with van der Waals surface area (Å²) in [4.78, 5) is 15.0. The summed E-state index contributed by atoms with van der Waals surface area (Å²) < 4.78 is 0. The summed E-state index contributed by atoms with van der Waals surface area (Å²) in [6, 6.07) is 0. The number of hydrogen-bond donors (Lipinski definition) is 1. The number of rotatable bonds is 3. The molecule has 0 aliphatic rings. The first-order chi connectivity index (χ1) is 5.92. The number of thiazole rings is 1. The van der Waals surface area contributed by atoms with Crippen molar-refractivity contribution >= 4 is 17.3 Å². The van der Waals surface area contributed by atoms with Crippen molar-refractivity contribution in [1.29, 1.82) is 0 Å². The van der Waals surface area contributed by atoms with E-state index < -0.39 is 11.4 Å². The third-order valence-electron chi connectivity index (χ3n) is 1.84. The maximum absolute atomic E-state index is 10.8. The highest BCUT2D eigenvalue weighted by atomic mass is 32.1. The minimum atomic E-state index is -0.777. The Morgan fingerprint density at radius 1 is 1.69 bits per heavy atom. The summed E-state index contributed by atoms with van der Waals surface area (Å²) in [5.74, 6) is -0.777. The Morgan fingerprint density at radius 3 is 2.69 bits per heavy atom. The second kappa shape index (κ2) is 3.46. The molecule has 4 heteroatoms. The van der Waals surface area contributed by atoms with Gasteiger partial charge in [-0.1, -0.05) is 0 Å². The zero-order valence-electron chi connectivity index (χ0n) is 8.00.